The van der Waals surface area contributed by atoms with Gasteiger partial charge in [-0.2, -0.15) is 0 Å². The fraction of sp³-hybridized carbons (Fsp3) is 0.800. The van der Waals surface area contributed by atoms with Gasteiger partial charge in [-0.05, 0) is 0 Å². The Kier molecular flexibility index (Phi) is 1.69. The van der Waals surface area contributed by atoms with Crippen LogP contribution in [0.3, 0.4) is 0 Å². The van der Waals surface area contributed by atoms with Gasteiger partial charge in [-0.15, -0.1) is 10.2 Å². The lowest BCUT2D eigenvalue weighted by Crippen LogP contribution is -2.31. The number of ketones is 1. The van der Waals surface area contributed by atoms with E-state index in [1.807, 2.05) is 0 Å². The molecule has 2 aliphatic rings. The van der Waals surface area contributed by atoms with Crippen LogP contribution in [0.25, 0.3) is 0 Å². The highest BCUT2D eigenvalue weighted by Crippen LogP contribution is 2.12. The molecule has 2 aliphatic heterocycles. The topological polar surface area (TPSA) is 85.0 Å². The van der Waals surface area contributed by atoms with Crippen molar-refractivity contribution in [3.05, 3.63) is 0 Å². The fourth-order valence-electron chi connectivity index (χ4n) is 0.955. The maximum absolute atomic E-state index is 11.4. The lowest BCUT2D eigenvalue weighted by atomic mass is 10.1. The first-order valence-electron chi connectivity index (χ1n) is 3.46. The zero-order valence-corrected chi connectivity index (χ0v) is 6.08. The Balaban J connectivity index is 1.99. The van der Waals surface area contributed by atoms with Crippen molar-refractivity contribution in [1.29, 1.82) is 0 Å². The van der Waals surface area contributed by atoms with E-state index in [0.29, 0.717) is 0 Å². The fourth-order valence-corrected chi connectivity index (χ4v) is 0.955. The molecule has 0 amide bonds. The van der Waals surface area contributed by atoms with E-state index < -0.39 is 12.1 Å². The average molecular weight is 170 g/mol. The zero-order valence-electron chi connectivity index (χ0n) is 6.08. The quantitative estimate of drug-likeness (QED) is 0.588. The van der Waals surface area contributed by atoms with Crippen molar-refractivity contribution >= 4 is 5.78 Å². The van der Waals surface area contributed by atoms with Gasteiger partial charge in [0.1, 0.15) is 13.2 Å². The van der Waals surface area contributed by atoms with Crippen molar-refractivity contribution in [2.24, 2.45) is 20.8 Å². The van der Waals surface area contributed by atoms with Gasteiger partial charge in [0.25, 0.3) is 0 Å². The Hall–Kier alpha value is -1.53. The Morgan fingerprint density at radius 1 is 1.08 bits per heavy atom. The first-order chi connectivity index (χ1) is 5.88. The van der Waals surface area contributed by atoms with Gasteiger partial charge in [0.2, 0.25) is 0 Å². The maximum atomic E-state index is 11.4. The van der Waals surface area contributed by atoms with Crippen LogP contribution in [0.2, 0.25) is 0 Å². The van der Waals surface area contributed by atoms with Crippen LogP contribution in [0.5, 0.6) is 0 Å². The molecule has 2 rings (SSSR count). The first kappa shape index (κ1) is 7.14. The predicted octanol–water partition coefficient (Wildman–Crippen LogP) is 0.0875. The van der Waals surface area contributed by atoms with Crippen LogP contribution in [-0.4, -0.2) is 31.1 Å². The average Bonchev–Trinajstić information content (AvgIpc) is 2.77. The summed E-state index contributed by atoms with van der Waals surface area (Å²) in [6, 6.07) is -1.06. The van der Waals surface area contributed by atoms with Gasteiger partial charge < -0.3 is 9.68 Å². The molecule has 0 saturated heterocycles. The summed E-state index contributed by atoms with van der Waals surface area (Å²) in [5, 5.41) is 13.6. The van der Waals surface area contributed by atoms with Crippen LogP contribution >= 0.6 is 0 Å². The van der Waals surface area contributed by atoms with Crippen molar-refractivity contribution in [3.63, 3.8) is 0 Å². The highest BCUT2D eigenvalue weighted by Gasteiger charge is 2.32. The highest BCUT2D eigenvalue weighted by molar-refractivity contribution is 5.89. The third kappa shape index (κ3) is 1.13. The summed E-state index contributed by atoms with van der Waals surface area (Å²) in [6.45, 7) is 0.399. The maximum Gasteiger partial charge on any atom is 0.193 e. The SMILES string of the molecule is O=C(C1CON=N1)C1CON=N1. The second kappa shape index (κ2) is 2.84. The molecule has 0 aromatic rings. The summed E-state index contributed by atoms with van der Waals surface area (Å²) in [6.07, 6.45) is 0. The lowest BCUT2D eigenvalue weighted by Gasteiger charge is -2.03. The summed E-state index contributed by atoms with van der Waals surface area (Å²) < 4.78 is 0. The molecule has 0 radical (unpaired) electrons. The standard InChI is InChI=1S/C5H6N4O3/c10-5(3-1-11-8-6-3)4-2-12-9-7-4/h3-4H,1-2H2. The van der Waals surface area contributed by atoms with E-state index in [9.17, 15) is 4.79 Å². The van der Waals surface area contributed by atoms with Crippen molar-refractivity contribution < 1.29 is 14.5 Å². The molecule has 64 valence electrons. The van der Waals surface area contributed by atoms with E-state index in [1.54, 1.807) is 0 Å². The summed E-state index contributed by atoms with van der Waals surface area (Å²) >= 11 is 0. The highest BCUT2D eigenvalue weighted by atomic mass is 16.7. The molecule has 7 heteroatoms. The molecule has 0 aromatic heterocycles. The molecule has 0 saturated carbocycles. The van der Waals surface area contributed by atoms with Crippen LogP contribution in [0.15, 0.2) is 20.8 Å². The van der Waals surface area contributed by atoms with Crippen LogP contribution in [0.1, 0.15) is 0 Å². The number of Topliss-reactive ketones (excluding diaryl/α,β-unsaturated/α-hetero) is 1. The molecule has 12 heavy (non-hydrogen) atoms. The molecule has 0 aliphatic carbocycles. The molecule has 7 nitrogen and oxygen atoms in total. The lowest BCUT2D eigenvalue weighted by molar-refractivity contribution is -0.122. The van der Waals surface area contributed by atoms with Crippen LogP contribution in [0.4, 0.5) is 0 Å². The van der Waals surface area contributed by atoms with Gasteiger partial charge in [0.05, 0.1) is 0 Å². The van der Waals surface area contributed by atoms with Gasteiger partial charge in [-0.25, -0.2) is 0 Å². The van der Waals surface area contributed by atoms with E-state index in [1.165, 1.54) is 0 Å². The van der Waals surface area contributed by atoms with Gasteiger partial charge >= 0.3 is 0 Å². The summed E-state index contributed by atoms with van der Waals surface area (Å²) in [4.78, 5) is 20.5. The van der Waals surface area contributed by atoms with Crippen molar-refractivity contribution in [3.8, 4) is 0 Å². The summed E-state index contributed by atoms with van der Waals surface area (Å²) in [7, 11) is 0. The van der Waals surface area contributed by atoms with Gasteiger partial charge in [-0.1, -0.05) is 0 Å². The second-order valence-electron chi connectivity index (χ2n) is 2.42. The Morgan fingerprint density at radius 3 is 1.92 bits per heavy atom. The van der Waals surface area contributed by atoms with Gasteiger partial charge in [0, 0.05) is 10.6 Å². The Labute approximate surface area is 67.4 Å². The van der Waals surface area contributed by atoms with E-state index >= 15 is 0 Å². The monoisotopic (exact) mass is 170 g/mol. The van der Waals surface area contributed by atoms with Crippen molar-refractivity contribution in [2.75, 3.05) is 13.2 Å². The van der Waals surface area contributed by atoms with E-state index in [2.05, 4.69) is 30.5 Å². The largest absolute Gasteiger partial charge is 0.377 e. The van der Waals surface area contributed by atoms with Crippen LogP contribution < -0.4 is 0 Å². The molecule has 0 spiro atoms. The number of carbonyl (C=O) groups excluding carboxylic acids is 1. The number of carbonyl (C=O) groups is 1. The molecule has 0 bridgehead atoms. The third-order valence-corrected chi connectivity index (χ3v) is 1.61. The second-order valence-corrected chi connectivity index (χ2v) is 2.42. The molecule has 2 atom stereocenters. The summed E-state index contributed by atoms with van der Waals surface area (Å²) in [5.41, 5.74) is 0. The van der Waals surface area contributed by atoms with Crippen molar-refractivity contribution in [2.45, 2.75) is 12.1 Å². The van der Waals surface area contributed by atoms with E-state index in [-0.39, 0.29) is 19.0 Å². The van der Waals surface area contributed by atoms with Gasteiger partial charge in [0.15, 0.2) is 17.9 Å². The molecule has 0 N–H and O–H groups in total. The molecule has 0 aromatic carbocycles. The molecular weight excluding hydrogens is 164 g/mol. The number of rotatable bonds is 2. The predicted molar refractivity (Wildman–Crippen MR) is 34.2 cm³/mol. The molecular formula is C5H6N4O3. The summed E-state index contributed by atoms with van der Waals surface area (Å²) in [5.74, 6) is -0.155. The molecule has 2 heterocycles. The minimum atomic E-state index is -0.532. The molecule has 0 fully saturated rings. The van der Waals surface area contributed by atoms with Crippen LogP contribution in [-0.2, 0) is 14.5 Å². The smallest absolute Gasteiger partial charge is 0.193 e. The Bertz CT molecular complexity index is 227. The molecule has 2 unspecified atom stereocenters. The normalized spacial score (nSPS) is 31.7. The Morgan fingerprint density at radius 2 is 1.58 bits per heavy atom. The number of hydrogen-bond donors (Lipinski definition) is 0. The minimum absolute atomic E-state index is 0.155. The van der Waals surface area contributed by atoms with E-state index in [0.717, 1.165) is 0 Å². The number of nitrogens with zero attached hydrogens (tertiary/aromatic N) is 4. The van der Waals surface area contributed by atoms with Crippen molar-refractivity contribution in [1.82, 2.24) is 0 Å². The first-order valence-corrected chi connectivity index (χ1v) is 3.46. The minimum Gasteiger partial charge on any atom is -0.377 e. The third-order valence-electron chi connectivity index (χ3n) is 1.61. The van der Waals surface area contributed by atoms with E-state index in [4.69, 9.17) is 0 Å². The zero-order chi connectivity index (χ0) is 8.39. The van der Waals surface area contributed by atoms with Gasteiger partial charge in [-0.3, -0.25) is 4.79 Å². The number of hydrogen-bond acceptors (Lipinski definition) is 7. The van der Waals surface area contributed by atoms with Crippen LogP contribution in [0, 0.1) is 0 Å².